The Labute approximate surface area is 138 Å². The molecule has 2 amide bonds. The van der Waals surface area contributed by atoms with Crippen LogP contribution in [0.2, 0.25) is 0 Å². The summed E-state index contributed by atoms with van der Waals surface area (Å²) in [5, 5.41) is 5.73. The van der Waals surface area contributed by atoms with Gasteiger partial charge in [0.25, 0.3) is 0 Å². The molecule has 126 valence electrons. The van der Waals surface area contributed by atoms with Gasteiger partial charge in [0.15, 0.2) is 5.78 Å². The molecule has 0 radical (unpaired) electrons. The van der Waals surface area contributed by atoms with Gasteiger partial charge in [-0.25, -0.2) is 4.79 Å². The van der Waals surface area contributed by atoms with Crippen LogP contribution in [0.4, 0.5) is 10.5 Å². The van der Waals surface area contributed by atoms with E-state index in [1.54, 1.807) is 24.3 Å². The maximum absolute atomic E-state index is 12.0. The molecule has 0 aliphatic carbocycles. The average molecular weight is 317 g/mol. The third kappa shape index (κ3) is 5.06. The van der Waals surface area contributed by atoms with Gasteiger partial charge in [0.1, 0.15) is 0 Å². The predicted molar refractivity (Wildman–Crippen MR) is 92.9 cm³/mol. The molecule has 1 aliphatic rings. The van der Waals surface area contributed by atoms with Crippen molar-refractivity contribution >= 4 is 17.5 Å². The Kier molecular flexibility index (Phi) is 6.16. The van der Waals surface area contributed by atoms with Gasteiger partial charge in [-0.3, -0.25) is 9.69 Å². The first-order chi connectivity index (χ1) is 11.0. The lowest BCUT2D eigenvalue weighted by Gasteiger charge is -2.38. The molecule has 1 aromatic carbocycles. The lowest BCUT2D eigenvalue weighted by molar-refractivity contribution is 0.101. The van der Waals surface area contributed by atoms with Gasteiger partial charge in [-0.1, -0.05) is 6.42 Å². The van der Waals surface area contributed by atoms with Gasteiger partial charge in [-0.15, -0.1) is 0 Å². The molecular weight excluding hydrogens is 290 g/mol. The maximum Gasteiger partial charge on any atom is 0.319 e. The van der Waals surface area contributed by atoms with E-state index >= 15 is 0 Å². The molecule has 0 spiro atoms. The molecule has 5 nitrogen and oxygen atoms in total. The number of hydrogen-bond donors (Lipinski definition) is 2. The highest BCUT2D eigenvalue weighted by atomic mass is 16.2. The number of anilines is 1. The molecule has 2 N–H and O–H groups in total. The van der Waals surface area contributed by atoms with Crippen LogP contribution < -0.4 is 10.6 Å². The van der Waals surface area contributed by atoms with Gasteiger partial charge in [-0.05, 0) is 64.4 Å². The van der Waals surface area contributed by atoms with Crippen molar-refractivity contribution in [1.82, 2.24) is 10.2 Å². The summed E-state index contributed by atoms with van der Waals surface area (Å²) in [5.74, 6) is 0.0190. The molecule has 2 atom stereocenters. The molecule has 2 rings (SSSR count). The van der Waals surface area contributed by atoms with Gasteiger partial charge in [-0.2, -0.15) is 0 Å². The number of urea groups is 1. The molecule has 1 aliphatic heterocycles. The van der Waals surface area contributed by atoms with Gasteiger partial charge < -0.3 is 10.6 Å². The Morgan fingerprint density at radius 3 is 2.57 bits per heavy atom. The summed E-state index contributed by atoms with van der Waals surface area (Å²) in [4.78, 5) is 25.7. The molecule has 0 unspecified atom stereocenters. The third-order valence-electron chi connectivity index (χ3n) is 4.53. The number of piperidine rings is 1. The van der Waals surface area contributed by atoms with Crippen molar-refractivity contribution in [2.45, 2.75) is 52.1 Å². The Hall–Kier alpha value is -1.88. The number of nitrogens with one attached hydrogen (secondary N) is 2. The fourth-order valence-electron chi connectivity index (χ4n) is 3.10. The number of hydrogen-bond acceptors (Lipinski definition) is 3. The quantitative estimate of drug-likeness (QED) is 0.819. The van der Waals surface area contributed by atoms with E-state index in [0.29, 0.717) is 29.9 Å². The third-order valence-corrected chi connectivity index (χ3v) is 4.53. The van der Waals surface area contributed by atoms with E-state index in [9.17, 15) is 9.59 Å². The van der Waals surface area contributed by atoms with Crippen molar-refractivity contribution in [1.29, 1.82) is 0 Å². The van der Waals surface area contributed by atoms with Gasteiger partial charge >= 0.3 is 6.03 Å². The topological polar surface area (TPSA) is 61.4 Å². The molecular formula is C18H27N3O2. The number of rotatable bonds is 5. The smallest absolute Gasteiger partial charge is 0.319 e. The monoisotopic (exact) mass is 317 g/mol. The number of amides is 2. The van der Waals surface area contributed by atoms with Crippen molar-refractivity contribution in [2.75, 3.05) is 18.4 Å². The highest BCUT2D eigenvalue weighted by Gasteiger charge is 2.23. The Balaban J connectivity index is 1.79. The molecule has 23 heavy (non-hydrogen) atoms. The number of likely N-dealkylation sites (tertiary alicyclic amines) is 1. The van der Waals surface area contributed by atoms with Crippen molar-refractivity contribution in [3.8, 4) is 0 Å². The molecule has 0 saturated carbocycles. The van der Waals surface area contributed by atoms with Crippen LogP contribution in [0.3, 0.4) is 0 Å². The highest BCUT2D eigenvalue weighted by molar-refractivity contribution is 5.95. The number of ketones is 1. The van der Waals surface area contributed by atoms with E-state index in [1.165, 1.54) is 26.2 Å². The second kappa shape index (κ2) is 8.11. The zero-order chi connectivity index (χ0) is 16.8. The summed E-state index contributed by atoms with van der Waals surface area (Å²) in [6.07, 6.45) is 3.77. The van der Waals surface area contributed by atoms with Crippen LogP contribution in [0.5, 0.6) is 0 Å². The zero-order valence-corrected chi connectivity index (χ0v) is 14.3. The Morgan fingerprint density at radius 2 is 1.96 bits per heavy atom. The minimum absolute atomic E-state index is 0.0190. The van der Waals surface area contributed by atoms with Crippen LogP contribution in [0.15, 0.2) is 24.3 Å². The minimum atomic E-state index is -0.211. The summed E-state index contributed by atoms with van der Waals surface area (Å²) in [5.41, 5.74) is 1.33. The van der Waals surface area contributed by atoms with E-state index < -0.39 is 0 Å². The van der Waals surface area contributed by atoms with Crippen LogP contribution >= 0.6 is 0 Å². The van der Waals surface area contributed by atoms with E-state index in [-0.39, 0.29) is 11.8 Å². The first-order valence-corrected chi connectivity index (χ1v) is 8.39. The molecule has 1 saturated heterocycles. The molecule has 1 aromatic rings. The average Bonchev–Trinajstić information content (AvgIpc) is 2.53. The summed E-state index contributed by atoms with van der Waals surface area (Å²) in [6, 6.07) is 7.63. The molecule has 1 heterocycles. The van der Waals surface area contributed by atoms with Crippen molar-refractivity contribution in [2.24, 2.45) is 0 Å². The number of carbonyl (C=O) groups is 2. The number of benzene rings is 1. The second-order valence-corrected chi connectivity index (χ2v) is 6.40. The van der Waals surface area contributed by atoms with Gasteiger partial charge in [0, 0.05) is 29.9 Å². The van der Waals surface area contributed by atoms with Crippen LogP contribution in [-0.2, 0) is 0 Å². The summed E-state index contributed by atoms with van der Waals surface area (Å²) in [6.45, 7) is 7.67. The fourth-order valence-corrected chi connectivity index (χ4v) is 3.10. The first-order valence-electron chi connectivity index (χ1n) is 8.39. The van der Waals surface area contributed by atoms with E-state index in [4.69, 9.17) is 0 Å². The highest BCUT2D eigenvalue weighted by Crippen LogP contribution is 2.18. The molecule has 0 aromatic heterocycles. The summed E-state index contributed by atoms with van der Waals surface area (Å²) < 4.78 is 0. The van der Waals surface area contributed by atoms with Gasteiger partial charge in [0.2, 0.25) is 0 Å². The van der Waals surface area contributed by atoms with Crippen molar-refractivity contribution in [3.63, 3.8) is 0 Å². The second-order valence-electron chi connectivity index (χ2n) is 6.40. The first kappa shape index (κ1) is 17.5. The molecule has 5 heteroatoms. The normalized spacial score (nSPS) is 19.9. The largest absolute Gasteiger partial charge is 0.336 e. The zero-order valence-electron chi connectivity index (χ0n) is 14.3. The van der Waals surface area contributed by atoms with Crippen LogP contribution in [0.25, 0.3) is 0 Å². The maximum atomic E-state index is 12.0. The standard InChI is InChI=1S/C18H27N3O2/c1-13-6-4-5-11-21(13)14(2)12-19-18(23)20-17-9-7-16(8-10-17)15(3)22/h7-10,13-14H,4-6,11-12H2,1-3H3,(H2,19,20,23)/t13-,14+/m0/s1. The van der Waals surface area contributed by atoms with Crippen LogP contribution in [0, 0.1) is 0 Å². The predicted octanol–water partition coefficient (Wildman–Crippen LogP) is 3.27. The lowest BCUT2D eigenvalue weighted by Crippen LogP contribution is -2.49. The number of carbonyl (C=O) groups excluding carboxylic acids is 2. The van der Waals surface area contributed by atoms with Gasteiger partial charge in [0.05, 0.1) is 0 Å². The summed E-state index contributed by atoms with van der Waals surface area (Å²) >= 11 is 0. The van der Waals surface area contributed by atoms with Crippen molar-refractivity contribution < 1.29 is 9.59 Å². The molecule has 1 fully saturated rings. The molecule has 0 bridgehead atoms. The fraction of sp³-hybridized carbons (Fsp3) is 0.556. The summed E-state index contributed by atoms with van der Waals surface area (Å²) in [7, 11) is 0. The lowest BCUT2D eigenvalue weighted by atomic mass is 10.0. The SMILES string of the molecule is CC(=O)c1ccc(NC(=O)NC[C@@H](C)N2CCCC[C@@H]2C)cc1. The van der Waals surface area contributed by atoms with E-state index in [2.05, 4.69) is 29.4 Å². The Morgan fingerprint density at radius 1 is 1.26 bits per heavy atom. The van der Waals surface area contributed by atoms with Crippen LogP contribution in [0.1, 0.15) is 50.4 Å². The number of Topliss-reactive ketones (excluding diaryl/α,β-unsaturated/α-hetero) is 1. The van der Waals surface area contributed by atoms with E-state index in [0.717, 1.165) is 6.54 Å². The van der Waals surface area contributed by atoms with E-state index in [1.807, 2.05) is 0 Å². The minimum Gasteiger partial charge on any atom is -0.336 e. The van der Waals surface area contributed by atoms with Crippen molar-refractivity contribution in [3.05, 3.63) is 29.8 Å². The Bertz CT molecular complexity index is 542. The van der Waals surface area contributed by atoms with Crippen LogP contribution in [-0.4, -0.2) is 41.9 Å². The number of nitrogens with zero attached hydrogens (tertiary/aromatic N) is 1.